The van der Waals surface area contributed by atoms with Crippen molar-refractivity contribution in [3.63, 3.8) is 0 Å². The Bertz CT molecular complexity index is 737. The van der Waals surface area contributed by atoms with Crippen molar-refractivity contribution in [2.45, 2.75) is 77.4 Å². The highest BCUT2D eigenvalue weighted by molar-refractivity contribution is 5.85. The second-order valence-corrected chi connectivity index (χ2v) is 10.2. The molecule has 2 N–H and O–H groups in total. The maximum absolute atomic E-state index is 11.6. The van der Waals surface area contributed by atoms with Crippen LogP contribution in [0, 0.1) is 28.6 Å². The van der Waals surface area contributed by atoms with Crippen LogP contribution in [0.2, 0.25) is 0 Å². The molecule has 0 unspecified atom stereocenters. The Kier molecular flexibility index (Phi) is 3.94. The minimum absolute atomic E-state index is 0.147. The molecule has 0 radical (unpaired) electrons. The average Bonchev–Trinajstić information content (AvgIpc) is 3.20. The molecular formula is C23H32O4. The molecule has 4 heteroatoms. The molecule has 27 heavy (non-hydrogen) atoms. The van der Waals surface area contributed by atoms with Crippen LogP contribution in [0.4, 0.5) is 0 Å². The number of hydrogen-bond donors (Lipinski definition) is 2. The zero-order valence-corrected chi connectivity index (χ0v) is 16.5. The van der Waals surface area contributed by atoms with Crippen LogP contribution in [-0.2, 0) is 9.53 Å². The SMILES string of the molecule is C[C@]12[C@H](O)CC3=C(CC[C@@H]4C[C@@H](O)CC[C@]34C)[C@H]1CC[C@@H]2C1=CC(=O)OC1. The van der Waals surface area contributed by atoms with Crippen molar-refractivity contribution in [3.05, 3.63) is 22.8 Å². The summed E-state index contributed by atoms with van der Waals surface area (Å²) in [6.07, 6.45) is 9.21. The minimum Gasteiger partial charge on any atom is -0.458 e. The first-order chi connectivity index (χ1) is 12.8. The van der Waals surface area contributed by atoms with Crippen LogP contribution < -0.4 is 0 Å². The van der Waals surface area contributed by atoms with E-state index < -0.39 is 0 Å². The van der Waals surface area contributed by atoms with Gasteiger partial charge in [-0.05, 0) is 80.1 Å². The summed E-state index contributed by atoms with van der Waals surface area (Å²) in [6, 6.07) is 0. The number of fused-ring (bicyclic) bond motifs is 4. The molecule has 7 atom stereocenters. The third-order valence-electron chi connectivity index (χ3n) is 9.21. The van der Waals surface area contributed by atoms with Crippen molar-refractivity contribution >= 4 is 5.97 Å². The van der Waals surface area contributed by atoms with Crippen LogP contribution in [0.3, 0.4) is 0 Å². The van der Waals surface area contributed by atoms with Crippen LogP contribution in [-0.4, -0.2) is 35.0 Å². The quantitative estimate of drug-likeness (QED) is 0.546. The van der Waals surface area contributed by atoms with E-state index in [0.717, 1.165) is 50.5 Å². The average molecular weight is 373 g/mol. The van der Waals surface area contributed by atoms with Gasteiger partial charge in [-0.2, -0.15) is 0 Å². The van der Waals surface area contributed by atoms with Crippen LogP contribution in [0.15, 0.2) is 22.8 Å². The highest BCUT2D eigenvalue weighted by Gasteiger charge is 2.59. The smallest absolute Gasteiger partial charge is 0.331 e. The van der Waals surface area contributed by atoms with Gasteiger partial charge in [0.1, 0.15) is 6.61 Å². The van der Waals surface area contributed by atoms with Crippen LogP contribution in [0.5, 0.6) is 0 Å². The topological polar surface area (TPSA) is 66.8 Å². The summed E-state index contributed by atoms with van der Waals surface area (Å²) in [5.41, 5.74) is 4.20. The lowest BCUT2D eigenvalue weighted by Crippen LogP contribution is -2.50. The molecule has 0 spiro atoms. The van der Waals surface area contributed by atoms with Gasteiger partial charge in [0.15, 0.2) is 0 Å². The van der Waals surface area contributed by atoms with E-state index >= 15 is 0 Å². The molecule has 2 saturated carbocycles. The molecular weight excluding hydrogens is 340 g/mol. The number of aliphatic hydroxyl groups is 2. The molecule has 0 bridgehead atoms. The van der Waals surface area contributed by atoms with Gasteiger partial charge in [-0.1, -0.05) is 25.0 Å². The fourth-order valence-electron chi connectivity index (χ4n) is 7.61. The molecule has 4 aliphatic carbocycles. The lowest BCUT2D eigenvalue weighted by Gasteiger charge is -2.56. The molecule has 0 aromatic carbocycles. The van der Waals surface area contributed by atoms with Crippen molar-refractivity contribution in [2.24, 2.45) is 28.6 Å². The Morgan fingerprint density at radius 3 is 2.63 bits per heavy atom. The van der Waals surface area contributed by atoms with Crippen molar-refractivity contribution in [1.29, 1.82) is 0 Å². The van der Waals surface area contributed by atoms with Gasteiger partial charge in [-0.15, -0.1) is 0 Å². The first-order valence-corrected chi connectivity index (χ1v) is 10.8. The predicted octanol–water partition coefficient (Wildman–Crippen LogP) is 3.52. The van der Waals surface area contributed by atoms with E-state index in [9.17, 15) is 15.0 Å². The van der Waals surface area contributed by atoms with Crippen molar-refractivity contribution in [1.82, 2.24) is 0 Å². The van der Waals surface area contributed by atoms with Gasteiger partial charge in [-0.25, -0.2) is 4.79 Å². The molecule has 0 aromatic rings. The number of cyclic esters (lactones) is 1. The fourth-order valence-corrected chi connectivity index (χ4v) is 7.61. The number of carbonyl (C=O) groups is 1. The van der Waals surface area contributed by atoms with Crippen LogP contribution in [0.25, 0.3) is 0 Å². The lowest BCUT2D eigenvalue weighted by atomic mass is 9.50. The number of esters is 1. The minimum atomic E-state index is -0.368. The number of hydrogen-bond acceptors (Lipinski definition) is 4. The van der Waals surface area contributed by atoms with Crippen molar-refractivity contribution in [2.75, 3.05) is 6.61 Å². The predicted molar refractivity (Wildman–Crippen MR) is 102 cm³/mol. The fraction of sp³-hybridized carbons (Fsp3) is 0.783. The van der Waals surface area contributed by atoms with Crippen LogP contribution in [0.1, 0.15) is 65.2 Å². The number of allylic oxidation sites excluding steroid dienone is 1. The van der Waals surface area contributed by atoms with Gasteiger partial charge < -0.3 is 14.9 Å². The summed E-state index contributed by atoms with van der Waals surface area (Å²) in [7, 11) is 0. The number of carbonyl (C=O) groups excluding carboxylic acids is 1. The number of ether oxygens (including phenoxy) is 1. The number of rotatable bonds is 1. The second-order valence-electron chi connectivity index (χ2n) is 10.2. The Morgan fingerprint density at radius 1 is 1.11 bits per heavy atom. The Balaban J connectivity index is 1.53. The molecule has 5 rings (SSSR count). The summed E-state index contributed by atoms with van der Waals surface area (Å²) >= 11 is 0. The molecule has 0 amide bonds. The first kappa shape index (κ1) is 17.9. The molecule has 5 aliphatic rings. The van der Waals surface area contributed by atoms with E-state index in [4.69, 9.17) is 4.74 Å². The molecule has 0 saturated heterocycles. The summed E-state index contributed by atoms with van der Waals surface area (Å²) in [5, 5.41) is 21.6. The normalized spacial score (nSPS) is 49.3. The molecule has 2 fully saturated rings. The second kappa shape index (κ2) is 5.93. The van der Waals surface area contributed by atoms with E-state index in [1.807, 2.05) is 0 Å². The van der Waals surface area contributed by atoms with Gasteiger partial charge in [0.05, 0.1) is 12.2 Å². The Hall–Kier alpha value is -1.13. The van der Waals surface area contributed by atoms with E-state index in [2.05, 4.69) is 13.8 Å². The van der Waals surface area contributed by atoms with Crippen molar-refractivity contribution in [3.8, 4) is 0 Å². The highest BCUT2D eigenvalue weighted by Crippen LogP contribution is 2.65. The summed E-state index contributed by atoms with van der Waals surface area (Å²) in [6.45, 7) is 5.06. The largest absolute Gasteiger partial charge is 0.458 e. The lowest BCUT2D eigenvalue weighted by molar-refractivity contribution is -0.135. The van der Waals surface area contributed by atoms with Gasteiger partial charge in [0.25, 0.3) is 0 Å². The van der Waals surface area contributed by atoms with E-state index in [-0.39, 0.29) is 34.9 Å². The third-order valence-corrected chi connectivity index (χ3v) is 9.21. The molecule has 4 nitrogen and oxygen atoms in total. The van der Waals surface area contributed by atoms with E-state index in [1.165, 1.54) is 12.0 Å². The maximum Gasteiger partial charge on any atom is 0.331 e. The van der Waals surface area contributed by atoms with Gasteiger partial charge in [-0.3, -0.25) is 0 Å². The molecule has 1 aliphatic heterocycles. The highest BCUT2D eigenvalue weighted by atomic mass is 16.5. The monoisotopic (exact) mass is 372 g/mol. The Labute approximate surface area is 161 Å². The van der Waals surface area contributed by atoms with Crippen LogP contribution >= 0.6 is 0 Å². The molecule has 148 valence electrons. The molecule has 0 aromatic heterocycles. The van der Waals surface area contributed by atoms with Crippen molar-refractivity contribution < 1.29 is 19.7 Å². The third kappa shape index (κ3) is 2.38. The van der Waals surface area contributed by atoms with Gasteiger partial charge in [0, 0.05) is 11.5 Å². The summed E-state index contributed by atoms with van der Waals surface area (Å²) in [5.74, 6) is 0.993. The standard InChI is InChI=1S/C23H32O4/c1-22-8-7-15(24)10-14(22)3-4-16-18-6-5-17(13-9-21(26)27-12-13)23(18,2)20(25)11-19(16)22/h9,14-15,17-18,20,24-25H,3-8,10-12H2,1-2H3/t14-,15+,17-,18-,20-,22+,23-/m1/s1. The maximum atomic E-state index is 11.6. The zero-order chi connectivity index (χ0) is 19.0. The summed E-state index contributed by atoms with van der Waals surface area (Å²) in [4.78, 5) is 11.6. The van der Waals surface area contributed by atoms with E-state index in [1.54, 1.807) is 11.6 Å². The first-order valence-electron chi connectivity index (χ1n) is 10.8. The number of aliphatic hydroxyl groups excluding tert-OH is 2. The summed E-state index contributed by atoms with van der Waals surface area (Å²) < 4.78 is 5.19. The molecule has 1 heterocycles. The Morgan fingerprint density at radius 2 is 1.89 bits per heavy atom. The zero-order valence-electron chi connectivity index (χ0n) is 16.5. The van der Waals surface area contributed by atoms with Gasteiger partial charge in [0.2, 0.25) is 0 Å². The van der Waals surface area contributed by atoms with Gasteiger partial charge >= 0.3 is 5.97 Å². The van der Waals surface area contributed by atoms with E-state index in [0.29, 0.717) is 18.4 Å².